The fourth-order valence-electron chi connectivity index (χ4n) is 3.88. The van der Waals surface area contributed by atoms with Gasteiger partial charge in [0.15, 0.2) is 5.79 Å². The Kier molecular flexibility index (Phi) is 4.23. The number of carbonyl (C=O) groups excluding carboxylic acids is 2. The second-order valence-corrected chi connectivity index (χ2v) is 6.63. The molecule has 0 N–H and O–H groups in total. The van der Waals surface area contributed by atoms with E-state index in [0.717, 1.165) is 12.8 Å². The van der Waals surface area contributed by atoms with Gasteiger partial charge in [-0.3, -0.25) is 14.5 Å². The summed E-state index contributed by atoms with van der Waals surface area (Å²) in [5.74, 6) is -0.189. The summed E-state index contributed by atoms with van der Waals surface area (Å²) in [5, 5.41) is 0. The summed E-state index contributed by atoms with van der Waals surface area (Å²) in [6.45, 7) is 2.64. The number of hydrogen-bond donors (Lipinski definition) is 0. The Labute approximate surface area is 146 Å². The highest BCUT2D eigenvalue weighted by Crippen LogP contribution is 2.34. The molecule has 3 fully saturated rings. The zero-order chi connectivity index (χ0) is 17.4. The van der Waals surface area contributed by atoms with Gasteiger partial charge >= 0.3 is 0 Å². The number of anilines is 1. The first-order chi connectivity index (χ1) is 12.1. The molecule has 25 heavy (non-hydrogen) atoms. The lowest BCUT2D eigenvalue weighted by molar-refractivity contribution is -0.188. The lowest BCUT2D eigenvalue weighted by atomic mass is 10.0. The molecule has 1 spiro atoms. The number of hydrogen-bond acceptors (Lipinski definition) is 6. The normalized spacial score (nSPS) is 26.6. The van der Waals surface area contributed by atoms with Crippen LogP contribution in [0.25, 0.3) is 0 Å². The van der Waals surface area contributed by atoms with Crippen LogP contribution in [0.15, 0.2) is 24.3 Å². The number of imide groups is 1. The number of methoxy groups -OCH3 is 1. The van der Waals surface area contributed by atoms with Crippen molar-refractivity contribution in [3.05, 3.63) is 24.3 Å². The molecule has 7 nitrogen and oxygen atoms in total. The number of benzene rings is 1. The molecule has 2 amide bonds. The molecule has 3 saturated heterocycles. The maximum Gasteiger partial charge on any atom is 0.251 e. The van der Waals surface area contributed by atoms with Gasteiger partial charge in [0.2, 0.25) is 5.91 Å². The van der Waals surface area contributed by atoms with E-state index < -0.39 is 11.8 Å². The van der Waals surface area contributed by atoms with Crippen LogP contribution < -0.4 is 9.64 Å². The predicted octanol–water partition coefficient (Wildman–Crippen LogP) is 1.17. The highest BCUT2D eigenvalue weighted by Gasteiger charge is 2.47. The fraction of sp³-hybridized carbons (Fsp3) is 0.556. The molecule has 4 rings (SSSR count). The maximum absolute atomic E-state index is 12.9. The van der Waals surface area contributed by atoms with E-state index in [1.807, 2.05) is 0 Å². The monoisotopic (exact) mass is 346 g/mol. The van der Waals surface area contributed by atoms with Crippen molar-refractivity contribution in [2.75, 3.05) is 38.3 Å². The summed E-state index contributed by atoms with van der Waals surface area (Å²) in [4.78, 5) is 28.7. The summed E-state index contributed by atoms with van der Waals surface area (Å²) in [5.41, 5.74) is 0.563. The van der Waals surface area contributed by atoms with E-state index in [1.54, 1.807) is 31.4 Å². The van der Waals surface area contributed by atoms with Crippen LogP contribution in [0, 0.1) is 0 Å². The Morgan fingerprint density at radius 1 is 1.16 bits per heavy atom. The van der Waals surface area contributed by atoms with Crippen LogP contribution in [0.3, 0.4) is 0 Å². The highest BCUT2D eigenvalue weighted by atomic mass is 16.7. The minimum atomic E-state index is -0.478. The topological polar surface area (TPSA) is 68.3 Å². The number of piperidine rings is 1. The molecule has 3 aliphatic heterocycles. The van der Waals surface area contributed by atoms with Crippen molar-refractivity contribution in [1.29, 1.82) is 0 Å². The van der Waals surface area contributed by atoms with Crippen LogP contribution in [0.5, 0.6) is 5.75 Å². The van der Waals surface area contributed by atoms with Gasteiger partial charge in [0.1, 0.15) is 5.75 Å². The molecule has 0 radical (unpaired) electrons. The van der Waals surface area contributed by atoms with Gasteiger partial charge in [-0.05, 0) is 12.1 Å². The van der Waals surface area contributed by atoms with Gasteiger partial charge in [-0.2, -0.15) is 0 Å². The van der Waals surface area contributed by atoms with Gasteiger partial charge in [-0.15, -0.1) is 0 Å². The third kappa shape index (κ3) is 2.92. The Bertz CT molecular complexity index is 676. The summed E-state index contributed by atoms with van der Waals surface area (Å²) in [7, 11) is 1.56. The Hall–Kier alpha value is -1.96. The van der Waals surface area contributed by atoms with Crippen molar-refractivity contribution in [2.24, 2.45) is 0 Å². The predicted molar refractivity (Wildman–Crippen MR) is 89.3 cm³/mol. The minimum Gasteiger partial charge on any atom is -0.497 e. The van der Waals surface area contributed by atoms with Crippen LogP contribution in [0.2, 0.25) is 0 Å². The average Bonchev–Trinajstić information content (AvgIpc) is 3.20. The third-order valence-corrected chi connectivity index (χ3v) is 5.25. The molecular formula is C18H22N2O5. The van der Waals surface area contributed by atoms with Gasteiger partial charge in [0.05, 0.1) is 38.5 Å². The van der Waals surface area contributed by atoms with E-state index in [1.165, 1.54) is 4.90 Å². The minimum absolute atomic E-state index is 0.164. The molecule has 1 atom stereocenters. The molecule has 0 aromatic heterocycles. The van der Waals surface area contributed by atoms with Gasteiger partial charge in [-0.1, -0.05) is 6.07 Å². The van der Waals surface area contributed by atoms with Crippen molar-refractivity contribution >= 4 is 17.5 Å². The van der Waals surface area contributed by atoms with Crippen molar-refractivity contribution < 1.29 is 23.8 Å². The number of rotatable bonds is 3. The van der Waals surface area contributed by atoms with Gasteiger partial charge in [0, 0.05) is 32.0 Å². The molecule has 3 heterocycles. The van der Waals surface area contributed by atoms with Gasteiger partial charge < -0.3 is 14.2 Å². The molecule has 1 aromatic rings. The molecule has 1 unspecified atom stereocenters. The van der Waals surface area contributed by atoms with Crippen molar-refractivity contribution in [3.63, 3.8) is 0 Å². The first-order valence-electron chi connectivity index (χ1n) is 8.65. The number of nitrogens with zero attached hydrogens (tertiary/aromatic N) is 2. The highest BCUT2D eigenvalue weighted by molar-refractivity contribution is 6.22. The lowest BCUT2D eigenvalue weighted by Crippen LogP contribution is -2.51. The third-order valence-electron chi connectivity index (χ3n) is 5.25. The number of amides is 2. The van der Waals surface area contributed by atoms with Crippen molar-refractivity contribution in [3.8, 4) is 5.75 Å². The van der Waals surface area contributed by atoms with Crippen LogP contribution >= 0.6 is 0 Å². The summed E-state index contributed by atoms with van der Waals surface area (Å²) >= 11 is 0. The molecule has 7 heteroatoms. The SMILES string of the molecule is COc1cccc(N2C(=O)CC(N3CCC4(CC3)OCCO4)C2=O)c1. The Balaban J connectivity index is 1.48. The van der Waals surface area contributed by atoms with E-state index in [2.05, 4.69) is 4.90 Å². The zero-order valence-corrected chi connectivity index (χ0v) is 14.3. The molecular weight excluding hydrogens is 324 g/mol. The molecule has 0 aliphatic carbocycles. The van der Waals surface area contributed by atoms with Crippen molar-refractivity contribution in [1.82, 2.24) is 4.90 Å². The quantitative estimate of drug-likeness (QED) is 0.765. The van der Waals surface area contributed by atoms with Gasteiger partial charge in [-0.25, -0.2) is 4.90 Å². The Morgan fingerprint density at radius 2 is 1.88 bits per heavy atom. The van der Waals surface area contributed by atoms with Crippen molar-refractivity contribution in [2.45, 2.75) is 31.1 Å². The summed E-state index contributed by atoms with van der Waals surface area (Å²) in [6, 6.07) is 6.63. The largest absolute Gasteiger partial charge is 0.497 e. The maximum atomic E-state index is 12.9. The number of likely N-dealkylation sites (tertiary alicyclic amines) is 1. The molecule has 1 aromatic carbocycles. The van der Waals surface area contributed by atoms with E-state index in [9.17, 15) is 9.59 Å². The number of carbonyl (C=O) groups is 2. The van der Waals surface area contributed by atoms with E-state index >= 15 is 0 Å². The van der Waals surface area contributed by atoms with Crippen LogP contribution in [-0.2, 0) is 19.1 Å². The van der Waals surface area contributed by atoms with Crippen LogP contribution in [-0.4, -0.2) is 62.0 Å². The van der Waals surface area contributed by atoms with Gasteiger partial charge in [0.25, 0.3) is 5.91 Å². The number of ether oxygens (including phenoxy) is 3. The average molecular weight is 346 g/mol. The Morgan fingerprint density at radius 3 is 2.56 bits per heavy atom. The fourth-order valence-corrected chi connectivity index (χ4v) is 3.88. The summed E-state index contributed by atoms with van der Waals surface area (Å²) < 4.78 is 16.7. The molecule has 134 valence electrons. The molecule has 3 aliphatic rings. The first-order valence-corrected chi connectivity index (χ1v) is 8.65. The van der Waals surface area contributed by atoms with E-state index in [4.69, 9.17) is 14.2 Å². The van der Waals surface area contributed by atoms with E-state index in [-0.39, 0.29) is 18.2 Å². The lowest BCUT2D eigenvalue weighted by Gasteiger charge is -2.39. The van der Waals surface area contributed by atoms with E-state index in [0.29, 0.717) is 37.7 Å². The van der Waals surface area contributed by atoms with Crippen LogP contribution in [0.1, 0.15) is 19.3 Å². The van der Waals surface area contributed by atoms with Crippen LogP contribution in [0.4, 0.5) is 5.69 Å². The standard InChI is InChI=1S/C18H22N2O5/c1-23-14-4-2-3-13(11-14)20-16(21)12-15(17(20)22)19-7-5-18(6-8-19)24-9-10-25-18/h2-4,11,15H,5-10,12H2,1H3. The molecule has 0 saturated carbocycles. The second kappa shape index (κ2) is 6.40. The zero-order valence-electron chi connectivity index (χ0n) is 14.3. The second-order valence-electron chi connectivity index (χ2n) is 6.63. The summed E-state index contributed by atoms with van der Waals surface area (Å²) in [6.07, 6.45) is 1.67. The molecule has 0 bridgehead atoms. The smallest absolute Gasteiger partial charge is 0.251 e. The first kappa shape index (κ1) is 16.5.